The minimum absolute atomic E-state index is 0.204. The van der Waals surface area contributed by atoms with E-state index < -0.39 is 0 Å². The van der Waals surface area contributed by atoms with Crippen LogP contribution >= 0.6 is 11.6 Å². The maximum atomic E-state index is 5.98. The quantitative estimate of drug-likeness (QED) is 0.601. The van der Waals surface area contributed by atoms with E-state index in [1.807, 2.05) is 0 Å². The van der Waals surface area contributed by atoms with Gasteiger partial charge in [0.15, 0.2) is 0 Å². The van der Waals surface area contributed by atoms with Gasteiger partial charge in [0.25, 0.3) is 0 Å². The summed E-state index contributed by atoms with van der Waals surface area (Å²) in [5.74, 6) is 1.03. The average Bonchev–Trinajstić information content (AvgIpc) is 2.55. The van der Waals surface area contributed by atoms with Crippen LogP contribution in [0.25, 0.3) is 0 Å². The Labute approximate surface area is 144 Å². The number of rotatable bonds is 12. The van der Waals surface area contributed by atoms with Crippen molar-refractivity contribution in [2.75, 3.05) is 63.0 Å². The zero-order valence-electron chi connectivity index (χ0n) is 14.8. The van der Waals surface area contributed by atoms with Crippen LogP contribution in [-0.2, 0) is 0 Å². The summed E-state index contributed by atoms with van der Waals surface area (Å²) in [7, 11) is 0. The largest absolute Gasteiger partial charge is 0.353 e. The highest BCUT2D eigenvalue weighted by Crippen LogP contribution is 2.09. The first kappa shape index (κ1) is 19.9. The van der Waals surface area contributed by atoms with E-state index in [-0.39, 0.29) is 5.28 Å². The Kier molecular flexibility index (Phi) is 9.82. The molecule has 2 N–H and O–H groups in total. The second-order valence-electron chi connectivity index (χ2n) is 5.16. The molecule has 0 radical (unpaired) electrons. The molecule has 7 nitrogen and oxygen atoms in total. The molecule has 0 unspecified atom stereocenters. The van der Waals surface area contributed by atoms with Gasteiger partial charge in [0.2, 0.25) is 17.2 Å². The smallest absolute Gasteiger partial charge is 0.228 e. The van der Waals surface area contributed by atoms with E-state index in [0.29, 0.717) is 11.9 Å². The summed E-state index contributed by atoms with van der Waals surface area (Å²) in [5, 5.41) is 6.62. The SMILES string of the molecule is CCN(CC)CCNc1nc(Cl)nc(NCCN(CC)CC)n1. The van der Waals surface area contributed by atoms with Gasteiger partial charge in [-0.2, -0.15) is 15.0 Å². The zero-order valence-corrected chi connectivity index (χ0v) is 15.5. The van der Waals surface area contributed by atoms with Crippen LogP contribution in [0, 0.1) is 0 Å². The molecule has 0 aliphatic rings. The summed E-state index contributed by atoms with van der Waals surface area (Å²) in [6.07, 6.45) is 0. The summed E-state index contributed by atoms with van der Waals surface area (Å²) in [6, 6.07) is 0. The van der Waals surface area contributed by atoms with Crippen molar-refractivity contribution in [2.45, 2.75) is 27.7 Å². The molecule has 1 aromatic rings. The Morgan fingerprint density at radius 3 is 1.48 bits per heavy atom. The first-order valence-corrected chi connectivity index (χ1v) is 8.84. The molecular weight excluding hydrogens is 314 g/mol. The highest BCUT2D eigenvalue weighted by molar-refractivity contribution is 6.28. The van der Waals surface area contributed by atoms with Crippen molar-refractivity contribution >= 4 is 23.5 Å². The lowest BCUT2D eigenvalue weighted by molar-refractivity contribution is 0.315. The number of hydrogen-bond acceptors (Lipinski definition) is 7. The fourth-order valence-corrected chi connectivity index (χ4v) is 2.40. The summed E-state index contributed by atoms with van der Waals surface area (Å²) >= 11 is 5.98. The molecule has 1 heterocycles. The van der Waals surface area contributed by atoms with Gasteiger partial charge < -0.3 is 20.4 Å². The van der Waals surface area contributed by atoms with Crippen molar-refractivity contribution in [3.8, 4) is 0 Å². The molecule has 0 bridgehead atoms. The molecule has 0 atom stereocenters. The second kappa shape index (κ2) is 11.4. The second-order valence-corrected chi connectivity index (χ2v) is 5.50. The first-order chi connectivity index (χ1) is 11.1. The molecule has 0 aliphatic carbocycles. The van der Waals surface area contributed by atoms with Gasteiger partial charge in [-0.15, -0.1) is 0 Å². The topological polar surface area (TPSA) is 69.2 Å². The number of nitrogens with zero attached hydrogens (tertiary/aromatic N) is 5. The lowest BCUT2D eigenvalue weighted by atomic mass is 10.4. The van der Waals surface area contributed by atoms with E-state index in [1.54, 1.807) is 0 Å². The maximum absolute atomic E-state index is 5.98. The third kappa shape index (κ3) is 7.76. The lowest BCUT2D eigenvalue weighted by Crippen LogP contribution is -2.29. The van der Waals surface area contributed by atoms with Gasteiger partial charge in [-0.25, -0.2) is 0 Å². The third-order valence-electron chi connectivity index (χ3n) is 3.82. The van der Waals surface area contributed by atoms with Gasteiger partial charge in [0.05, 0.1) is 0 Å². The molecule has 132 valence electrons. The predicted molar refractivity (Wildman–Crippen MR) is 97.4 cm³/mol. The molecule has 0 aliphatic heterocycles. The van der Waals surface area contributed by atoms with Crippen molar-refractivity contribution in [2.24, 2.45) is 0 Å². The van der Waals surface area contributed by atoms with Crippen LogP contribution in [0.2, 0.25) is 5.28 Å². The molecule has 8 heteroatoms. The van der Waals surface area contributed by atoms with Crippen LogP contribution in [0.1, 0.15) is 27.7 Å². The molecular formula is C15H30ClN7. The predicted octanol–water partition coefficient (Wildman–Crippen LogP) is 2.03. The van der Waals surface area contributed by atoms with Crippen LogP contribution in [-0.4, -0.2) is 77.1 Å². The number of aromatic nitrogens is 3. The highest BCUT2D eigenvalue weighted by atomic mass is 35.5. The average molecular weight is 344 g/mol. The standard InChI is InChI=1S/C15H30ClN7/c1-5-22(6-2)11-9-17-14-19-13(16)20-15(21-14)18-10-12-23(7-3)8-4/h5-12H2,1-4H3,(H2,17,18,19,20,21). The van der Waals surface area contributed by atoms with Crippen molar-refractivity contribution in [1.82, 2.24) is 24.8 Å². The molecule has 1 aromatic heterocycles. The number of hydrogen-bond donors (Lipinski definition) is 2. The van der Waals surface area contributed by atoms with Crippen molar-refractivity contribution in [3.63, 3.8) is 0 Å². The van der Waals surface area contributed by atoms with Gasteiger partial charge in [-0.1, -0.05) is 27.7 Å². The molecule has 0 fully saturated rings. The van der Waals surface area contributed by atoms with Crippen molar-refractivity contribution < 1.29 is 0 Å². The number of anilines is 2. The van der Waals surface area contributed by atoms with Crippen molar-refractivity contribution in [3.05, 3.63) is 5.28 Å². The molecule has 0 spiro atoms. The third-order valence-corrected chi connectivity index (χ3v) is 3.99. The molecule has 0 aromatic carbocycles. The van der Waals surface area contributed by atoms with Crippen LogP contribution in [0.15, 0.2) is 0 Å². The maximum Gasteiger partial charge on any atom is 0.228 e. The van der Waals surface area contributed by atoms with Gasteiger partial charge in [0, 0.05) is 26.2 Å². The van der Waals surface area contributed by atoms with Gasteiger partial charge in [0.1, 0.15) is 0 Å². The molecule has 0 amide bonds. The Hall–Kier alpha value is -1.18. The fraction of sp³-hybridized carbons (Fsp3) is 0.800. The van der Waals surface area contributed by atoms with E-state index in [0.717, 1.165) is 52.4 Å². The minimum Gasteiger partial charge on any atom is -0.353 e. The minimum atomic E-state index is 0.204. The molecule has 1 rings (SSSR count). The molecule has 0 saturated carbocycles. The van der Waals surface area contributed by atoms with Gasteiger partial charge in [-0.3, -0.25) is 0 Å². The number of halogens is 1. The summed E-state index contributed by atoms with van der Waals surface area (Å²) in [4.78, 5) is 17.3. The van der Waals surface area contributed by atoms with E-state index in [1.165, 1.54) is 0 Å². The summed E-state index contributed by atoms with van der Waals surface area (Å²) < 4.78 is 0. The number of nitrogens with one attached hydrogen (secondary N) is 2. The Balaban J connectivity index is 2.48. The van der Waals surface area contributed by atoms with Crippen LogP contribution < -0.4 is 10.6 Å². The van der Waals surface area contributed by atoms with E-state index >= 15 is 0 Å². The Morgan fingerprint density at radius 2 is 1.13 bits per heavy atom. The molecule has 0 saturated heterocycles. The van der Waals surface area contributed by atoms with Crippen molar-refractivity contribution in [1.29, 1.82) is 0 Å². The fourth-order valence-electron chi connectivity index (χ4n) is 2.24. The first-order valence-electron chi connectivity index (χ1n) is 8.46. The van der Waals surface area contributed by atoms with E-state index in [4.69, 9.17) is 11.6 Å². The number of likely N-dealkylation sites (N-methyl/N-ethyl adjacent to an activating group) is 2. The monoisotopic (exact) mass is 343 g/mol. The van der Waals surface area contributed by atoms with Crippen LogP contribution in [0.5, 0.6) is 0 Å². The zero-order chi connectivity index (χ0) is 17.1. The normalized spacial score (nSPS) is 11.3. The van der Waals surface area contributed by atoms with Crippen LogP contribution in [0.3, 0.4) is 0 Å². The van der Waals surface area contributed by atoms with E-state index in [9.17, 15) is 0 Å². The Morgan fingerprint density at radius 1 is 0.739 bits per heavy atom. The lowest BCUT2D eigenvalue weighted by Gasteiger charge is -2.18. The van der Waals surface area contributed by atoms with Gasteiger partial charge >= 0.3 is 0 Å². The highest BCUT2D eigenvalue weighted by Gasteiger charge is 2.06. The van der Waals surface area contributed by atoms with E-state index in [2.05, 4.69) is 63.1 Å². The summed E-state index contributed by atoms with van der Waals surface area (Å²) in [6.45, 7) is 16.2. The van der Waals surface area contributed by atoms with Crippen LogP contribution in [0.4, 0.5) is 11.9 Å². The Bertz CT molecular complexity index is 400. The summed E-state index contributed by atoms with van der Waals surface area (Å²) in [5.41, 5.74) is 0. The van der Waals surface area contributed by atoms with Gasteiger partial charge in [-0.05, 0) is 37.8 Å². The molecule has 23 heavy (non-hydrogen) atoms.